The number of nitrogens with one attached hydrogen (secondary N) is 1. The monoisotopic (exact) mass is 304 g/mol. The van der Waals surface area contributed by atoms with Crippen molar-refractivity contribution in [1.29, 1.82) is 0 Å². The van der Waals surface area contributed by atoms with Gasteiger partial charge in [-0.1, -0.05) is 0 Å². The SMILES string of the molecule is CN(CCc1ccncc1)c1ncc(CNC(C)(C)C)s1. The van der Waals surface area contributed by atoms with E-state index in [-0.39, 0.29) is 5.54 Å². The highest BCUT2D eigenvalue weighted by Crippen LogP contribution is 2.22. The van der Waals surface area contributed by atoms with Crippen LogP contribution in [0.15, 0.2) is 30.7 Å². The number of pyridine rings is 1. The Morgan fingerprint density at radius 1 is 1.24 bits per heavy atom. The molecule has 2 heterocycles. The lowest BCUT2D eigenvalue weighted by molar-refractivity contribution is 0.426. The van der Waals surface area contributed by atoms with E-state index < -0.39 is 0 Å². The number of rotatable bonds is 6. The Bertz CT molecular complexity index is 545. The maximum Gasteiger partial charge on any atom is 0.185 e. The molecule has 0 radical (unpaired) electrons. The summed E-state index contributed by atoms with van der Waals surface area (Å²) in [5, 5.41) is 4.57. The zero-order valence-corrected chi connectivity index (χ0v) is 14.1. The van der Waals surface area contributed by atoms with Gasteiger partial charge in [0.2, 0.25) is 0 Å². The molecule has 0 spiro atoms. The second-order valence-electron chi connectivity index (χ2n) is 6.24. The summed E-state index contributed by atoms with van der Waals surface area (Å²) in [5.74, 6) is 0. The standard InChI is InChI=1S/C16H24N4S/c1-16(2,3)19-12-14-11-18-15(21-14)20(4)10-7-13-5-8-17-9-6-13/h5-6,8-9,11,19H,7,10,12H2,1-4H3. The van der Waals surface area contributed by atoms with Gasteiger partial charge in [-0.3, -0.25) is 4.98 Å². The van der Waals surface area contributed by atoms with E-state index in [9.17, 15) is 0 Å². The van der Waals surface area contributed by atoms with Crippen molar-refractivity contribution in [3.63, 3.8) is 0 Å². The summed E-state index contributed by atoms with van der Waals surface area (Å²) < 4.78 is 0. The molecule has 4 nitrogen and oxygen atoms in total. The highest BCUT2D eigenvalue weighted by atomic mass is 32.1. The molecule has 0 fully saturated rings. The Kier molecular flexibility index (Phi) is 5.31. The molecular weight excluding hydrogens is 280 g/mol. The fourth-order valence-corrected chi connectivity index (χ4v) is 2.69. The van der Waals surface area contributed by atoms with Gasteiger partial charge in [0.05, 0.1) is 0 Å². The van der Waals surface area contributed by atoms with Crippen molar-refractivity contribution in [3.05, 3.63) is 41.2 Å². The van der Waals surface area contributed by atoms with Gasteiger partial charge < -0.3 is 10.2 Å². The fraction of sp³-hybridized carbons (Fsp3) is 0.500. The van der Waals surface area contributed by atoms with Crippen LogP contribution in [0.5, 0.6) is 0 Å². The Balaban J connectivity index is 1.85. The molecule has 0 atom stereocenters. The molecule has 0 saturated heterocycles. The van der Waals surface area contributed by atoms with Crippen LogP contribution in [0.3, 0.4) is 0 Å². The minimum atomic E-state index is 0.136. The predicted octanol–water partition coefficient (Wildman–Crippen LogP) is 3.11. The summed E-state index contributed by atoms with van der Waals surface area (Å²) in [4.78, 5) is 12.1. The predicted molar refractivity (Wildman–Crippen MR) is 89.9 cm³/mol. The van der Waals surface area contributed by atoms with E-state index in [0.29, 0.717) is 0 Å². The summed E-state index contributed by atoms with van der Waals surface area (Å²) in [6, 6.07) is 4.13. The molecule has 0 amide bonds. The van der Waals surface area contributed by atoms with Crippen LogP contribution in [-0.2, 0) is 13.0 Å². The largest absolute Gasteiger partial charge is 0.351 e. The molecule has 114 valence electrons. The zero-order chi connectivity index (χ0) is 15.3. The molecule has 0 saturated carbocycles. The van der Waals surface area contributed by atoms with Gasteiger partial charge in [-0.25, -0.2) is 4.98 Å². The van der Waals surface area contributed by atoms with Gasteiger partial charge >= 0.3 is 0 Å². The van der Waals surface area contributed by atoms with Crippen LogP contribution in [0.4, 0.5) is 5.13 Å². The van der Waals surface area contributed by atoms with Crippen molar-refractivity contribution >= 4 is 16.5 Å². The third-order valence-electron chi connectivity index (χ3n) is 3.15. The van der Waals surface area contributed by atoms with Crippen molar-refractivity contribution in [2.24, 2.45) is 0 Å². The third kappa shape index (κ3) is 5.44. The minimum absolute atomic E-state index is 0.136. The number of nitrogens with zero attached hydrogens (tertiary/aromatic N) is 3. The van der Waals surface area contributed by atoms with E-state index in [0.717, 1.165) is 24.6 Å². The van der Waals surface area contributed by atoms with Crippen LogP contribution < -0.4 is 10.2 Å². The van der Waals surface area contributed by atoms with Gasteiger partial charge in [0.1, 0.15) is 0 Å². The van der Waals surface area contributed by atoms with E-state index in [1.54, 1.807) is 11.3 Å². The Hall–Kier alpha value is -1.46. The Morgan fingerprint density at radius 3 is 2.62 bits per heavy atom. The molecule has 1 N–H and O–H groups in total. The number of anilines is 1. The third-order valence-corrected chi connectivity index (χ3v) is 4.26. The smallest absolute Gasteiger partial charge is 0.185 e. The van der Waals surface area contributed by atoms with Crippen molar-refractivity contribution < 1.29 is 0 Å². The van der Waals surface area contributed by atoms with Gasteiger partial charge in [0.15, 0.2) is 5.13 Å². The molecule has 2 aromatic rings. The lowest BCUT2D eigenvalue weighted by Crippen LogP contribution is -2.34. The summed E-state index contributed by atoms with van der Waals surface area (Å²) in [5.41, 5.74) is 1.44. The molecule has 0 aliphatic heterocycles. The average molecular weight is 304 g/mol. The highest BCUT2D eigenvalue weighted by Gasteiger charge is 2.11. The zero-order valence-electron chi connectivity index (χ0n) is 13.3. The Labute approximate surface area is 131 Å². The Morgan fingerprint density at radius 2 is 1.95 bits per heavy atom. The number of hydrogen-bond donors (Lipinski definition) is 1. The first kappa shape index (κ1) is 15.9. The van der Waals surface area contributed by atoms with Gasteiger partial charge in [-0.2, -0.15) is 0 Å². The molecule has 0 aliphatic carbocycles. The van der Waals surface area contributed by atoms with E-state index in [1.807, 2.05) is 18.6 Å². The molecule has 0 aromatic carbocycles. The van der Waals surface area contributed by atoms with Crippen molar-refractivity contribution in [2.45, 2.75) is 39.3 Å². The van der Waals surface area contributed by atoms with Gasteiger partial charge in [0, 0.05) is 49.1 Å². The van der Waals surface area contributed by atoms with Gasteiger partial charge in [-0.15, -0.1) is 11.3 Å². The first-order valence-electron chi connectivity index (χ1n) is 7.24. The second-order valence-corrected chi connectivity index (χ2v) is 7.33. The first-order valence-corrected chi connectivity index (χ1v) is 8.05. The molecule has 5 heteroatoms. The fourth-order valence-electron chi connectivity index (χ4n) is 1.85. The summed E-state index contributed by atoms with van der Waals surface area (Å²) in [6.07, 6.45) is 6.67. The van der Waals surface area contributed by atoms with E-state index in [4.69, 9.17) is 0 Å². The van der Waals surface area contributed by atoms with Crippen molar-refractivity contribution in [1.82, 2.24) is 15.3 Å². The van der Waals surface area contributed by atoms with Crippen LogP contribution in [0.25, 0.3) is 0 Å². The maximum absolute atomic E-state index is 4.52. The average Bonchev–Trinajstić information content (AvgIpc) is 2.92. The lowest BCUT2D eigenvalue weighted by atomic mass is 10.1. The maximum atomic E-state index is 4.52. The molecule has 0 unspecified atom stereocenters. The normalized spacial score (nSPS) is 11.6. The highest BCUT2D eigenvalue weighted by molar-refractivity contribution is 7.15. The summed E-state index contributed by atoms with van der Waals surface area (Å²) >= 11 is 1.76. The summed E-state index contributed by atoms with van der Waals surface area (Å²) in [6.45, 7) is 8.37. The topological polar surface area (TPSA) is 41.1 Å². The van der Waals surface area contributed by atoms with Gasteiger partial charge in [-0.05, 0) is 44.9 Å². The van der Waals surface area contributed by atoms with Crippen molar-refractivity contribution in [3.8, 4) is 0 Å². The quantitative estimate of drug-likeness (QED) is 0.890. The molecule has 2 aromatic heterocycles. The second kappa shape index (κ2) is 7.00. The van der Waals surface area contributed by atoms with Crippen LogP contribution >= 0.6 is 11.3 Å². The van der Waals surface area contributed by atoms with E-state index >= 15 is 0 Å². The summed E-state index contributed by atoms with van der Waals surface area (Å²) in [7, 11) is 2.10. The number of hydrogen-bond acceptors (Lipinski definition) is 5. The first-order chi connectivity index (χ1) is 9.94. The number of aromatic nitrogens is 2. The van der Waals surface area contributed by atoms with Crippen LogP contribution in [0.1, 0.15) is 31.2 Å². The molecule has 0 aliphatic rings. The van der Waals surface area contributed by atoms with Crippen LogP contribution in [0, 0.1) is 0 Å². The number of thiazole rings is 1. The van der Waals surface area contributed by atoms with Crippen molar-refractivity contribution in [2.75, 3.05) is 18.5 Å². The minimum Gasteiger partial charge on any atom is -0.351 e. The van der Waals surface area contributed by atoms with E-state index in [2.05, 4.69) is 60.1 Å². The molecule has 21 heavy (non-hydrogen) atoms. The van der Waals surface area contributed by atoms with Gasteiger partial charge in [0.25, 0.3) is 0 Å². The number of likely N-dealkylation sites (N-methyl/N-ethyl adjacent to an activating group) is 1. The lowest BCUT2D eigenvalue weighted by Gasteiger charge is -2.19. The van der Waals surface area contributed by atoms with Crippen LogP contribution in [0.2, 0.25) is 0 Å². The van der Waals surface area contributed by atoms with E-state index in [1.165, 1.54) is 10.4 Å². The molecule has 0 bridgehead atoms. The molecule has 2 rings (SSSR count). The van der Waals surface area contributed by atoms with Crippen LogP contribution in [-0.4, -0.2) is 29.1 Å². The molecular formula is C16H24N4S.